The second kappa shape index (κ2) is 8.90. The van der Waals surface area contributed by atoms with E-state index in [0.717, 1.165) is 10.8 Å². The molecule has 1 aliphatic rings. The van der Waals surface area contributed by atoms with Crippen LogP contribution in [0.25, 0.3) is 16.5 Å². The summed E-state index contributed by atoms with van der Waals surface area (Å²) in [6, 6.07) is 23.0. The minimum atomic E-state index is -0.778. The normalized spacial score (nSPS) is 17.4. The van der Waals surface area contributed by atoms with Crippen molar-refractivity contribution in [2.24, 2.45) is 0 Å². The molecular weight excluding hydrogens is 430 g/mol. The molecule has 1 amide bonds. The number of furan rings is 1. The van der Waals surface area contributed by atoms with Crippen LogP contribution in [0.4, 0.5) is 0 Å². The van der Waals surface area contributed by atoms with Crippen molar-refractivity contribution in [2.45, 2.75) is 19.5 Å². The molecule has 1 atom stereocenters. The van der Waals surface area contributed by atoms with E-state index in [9.17, 15) is 14.7 Å². The Hall–Kier alpha value is -4.32. The maximum atomic E-state index is 13.3. The van der Waals surface area contributed by atoms with Crippen LogP contribution in [0.2, 0.25) is 0 Å². The van der Waals surface area contributed by atoms with Crippen molar-refractivity contribution in [1.29, 1.82) is 0 Å². The summed E-state index contributed by atoms with van der Waals surface area (Å²) < 4.78 is 11.0. The van der Waals surface area contributed by atoms with Gasteiger partial charge in [0.15, 0.2) is 0 Å². The summed E-state index contributed by atoms with van der Waals surface area (Å²) in [6.07, 6.45) is 1.52. The Balaban J connectivity index is 1.68. The number of rotatable bonds is 6. The highest BCUT2D eigenvalue weighted by Crippen LogP contribution is 2.41. The molecule has 1 aliphatic heterocycles. The average molecular weight is 453 g/mol. The molecule has 3 aromatic carbocycles. The molecule has 5 rings (SSSR count). The second-order valence-electron chi connectivity index (χ2n) is 8.04. The molecule has 0 aliphatic carbocycles. The fraction of sp³-hybridized carbons (Fsp3) is 0.143. The first-order chi connectivity index (χ1) is 16.6. The van der Waals surface area contributed by atoms with Gasteiger partial charge in [-0.15, -0.1) is 0 Å². The van der Waals surface area contributed by atoms with Crippen molar-refractivity contribution in [1.82, 2.24) is 4.90 Å². The van der Waals surface area contributed by atoms with Crippen LogP contribution in [-0.2, 0) is 16.1 Å². The SMILES string of the molecule is CCOc1ccc(C2/C(=C(/O)c3cccc4ccccc34)C(=O)C(=O)N2Cc2ccco2)cc1. The lowest BCUT2D eigenvalue weighted by Crippen LogP contribution is -2.29. The van der Waals surface area contributed by atoms with E-state index in [1.807, 2.05) is 55.5 Å². The Morgan fingerprint density at radius 3 is 2.47 bits per heavy atom. The van der Waals surface area contributed by atoms with Crippen molar-refractivity contribution in [3.05, 3.63) is 108 Å². The summed E-state index contributed by atoms with van der Waals surface area (Å²) in [6.45, 7) is 2.52. The van der Waals surface area contributed by atoms with Gasteiger partial charge in [0.2, 0.25) is 0 Å². The van der Waals surface area contributed by atoms with E-state index >= 15 is 0 Å². The highest BCUT2D eigenvalue weighted by molar-refractivity contribution is 6.46. The predicted molar refractivity (Wildman–Crippen MR) is 128 cm³/mol. The minimum Gasteiger partial charge on any atom is -0.507 e. The first-order valence-corrected chi connectivity index (χ1v) is 11.1. The van der Waals surface area contributed by atoms with E-state index in [2.05, 4.69) is 0 Å². The van der Waals surface area contributed by atoms with E-state index < -0.39 is 17.7 Å². The van der Waals surface area contributed by atoms with E-state index in [0.29, 0.717) is 29.2 Å². The Morgan fingerprint density at radius 2 is 1.74 bits per heavy atom. The molecule has 0 saturated carbocycles. The molecule has 4 aromatic rings. The monoisotopic (exact) mass is 453 g/mol. The second-order valence-corrected chi connectivity index (χ2v) is 8.04. The number of aliphatic hydroxyl groups excluding tert-OH is 1. The number of nitrogens with zero attached hydrogens (tertiary/aromatic N) is 1. The van der Waals surface area contributed by atoms with Crippen LogP contribution in [0, 0.1) is 0 Å². The smallest absolute Gasteiger partial charge is 0.296 e. The number of fused-ring (bicyclic) bond motifs is 1. The number of carbonyl (C=O) groups is 2. The lowest BCUT2D eigenvalue weighted by Gasteiger charge is -2.24. The fourth-order valence-corrected chi connectivity index (χ4v) is 4.45. The lowest BCUT2D eigenvalue weighted by atomic mass is 9.93. The molecule has 34 heavy (non-hydrogen) atoms. The van der Waals surface area contributed by atoms with Gasteiger partial charge in [-0.1, -0.05) is 54.6 Å². The Kier molecular flexibility index (Phi) is 5.64. The van der Waals surface area contributed by atoms with Crippen LogP contribution in [0.3, 0.4) is 0 Å². The summed E-state index contributed by atoms with van der Waals surface area (Å²) in [5.41, 5.74) is 1.25. The molecule has 0 radical (unpaired) electrons. The van der Waals surface area contributed by atoms with Gasteiger partial charge in [-0.25, -0.2) is 0 Å². The molecule has 0 bridgehead atoms. The molecule has 170 valence electrons. The van der Waals surface area contributed by atoms with Gasteiger partial charge in [0.25, 0.3) is 11.7 Å². The number of ketones is 1. The topological polar surface area (TPSA) is 80.0 Å². The van der Waals surface area contributed by atoms with Crippen LogP contribution in [-0.4, -0.2) is 28.3 Å². The largest absolute Gasteiger partial charge is 0.507 e. The van der Waals surface area contributed by atoms with Gasteiger partial charge in [-0.2, -0.15) is 0 Å². The van der Waals surface area contributed by atoms with Crippen molar-refractivity contribution < 1.29 is 23.8 Å². The first-order valence-electron chi connectivity index (χ1n) is 11.1. The van der Waals surface area contributed by atoms with E-state index in [1.54, 1.807) is 30.3 Å². The van der Waals surface area contributed by atoms with Crippen molar-refractivity contribution in [3.63, 3.8) is 0 Å². The zero-order valence-electron chi connectivity index (χ0n) is 18.6. The summed E-state index contributed by atoms with van der Waals surface area (Å²) in [7, 11) is 0. The third-order valence-corrected chi connectivity index (χ3v) is 6.00. The van der Waals surface area contributed by atoms with Crippen molar-refractivity contribution in [2.75, 3.05) is 6.61 Å². The molecule has 1 saturated heterocycles. The summed E-state index contributed by atoms with van der Waals surface area (Å²) in [5.74, 6) is -0.379. The van der Waals surface area contributed by atoms with Gasteiger partial charge >= 0.3 is 0 Å². The minimum absolute atomic E-state index is 0.0528. The van der Waals surface area contributed by atoms with Crippen LogP contribution in [0.5, 0.6) is 5.75 Å². The Bertz CT molecular complexity index is 1380. The van der Waals surface area contributed by atoms with Gasteiger partial charge < -0.3 is 19.2 Å². The van der Waals surface area contributed by atoms with Crippen molar-refractivity contribution >= 4 is 28.2 Å². The zero-order valence-corrected chi connectivity index (χ0v) is 18.6. The highest BCUT2D eigenvalue weighted by atomic mass is 16.5. The molecule has 6 heteroatoms. The maximum absolute atomic E-state index is 13.3. The molecule has 1 N–H and O–H groups in total. The summed E-state index contributed by atoms with van der Waals surface area (Å²) >= 11 is 0. The van der Waals surface area contributed by atoms with Gasteiger partial charge in [-0.3, -0.25) is 9.59 Å². The molecule has 1 aromatic heterocycles. The predicted octanol–water partition coefficient (Wildman–Crippen LogP) is 5.45. The molecule has 0 spiro atoms. The van der Waals surface area contributed by atoms with Crippen LogP contribution in [0.15, 0.2) is 95.1 Å². The number of likely N-dealkylation sites (tertiary alicyclic amines) is 1. The van der Waals surface area contributed by atoms with Gasteiger partial charge in [0, 0.05) is 5.56 Å². The van der Waals surface area contributed by atoms with E-state index in [4.69, 9.17) is 9.15 Å². The Labute approximate surface area is 196 Å². The first kappa shape index (κ1) is 21.5. The number of hydrogen-bond donors (Lipinski definition) is 1. The van der Waals surface area contributed by atoms with Crippen LogP contribution < -0.4 is 4.74 Å². The number of amides is 1. The fourth-order valence-electron chi connectivity index (χ4n) is 4.45. The molecule has 2 heterocycles. The molecule has 1 fully saturated rings. The van der Waals surface area contributed by atoms with Crippen molar-refractivity contribution in [3.8, 4) is 5.75 Å². The zero-order chi connectivity index (χ0) is 23.7. The van der Waals surface area contributed by atoms with Gasteiger partial charge in [-0.05, 0) is 47.5 Å². The third kappa shape index (κ3) is 3.73. The van der Waals surface area contributed by atoms with Crippen LogP contribution in [0.1, 0.15) is 29.9 Å². The summed E-state index contributed by atoms with van der Waals surface area (Å²) in [4.78, 5) is 27.9. The third-order valence-electron chi connectivity index (χ3n) is 6.00. The number of ether oxygens (including phenoxy) is 1. The Morgan fingerprint density at radius 1 is 0.971 bits per heavy atom. The molecular formula is C28H23NO5. The van der Waals surface area contributed by atoms with E-state index in [1.165, 1.54) is 11.2 Å². The molecule has 6 nitrogen and oxygen atoms in total. The lowest BCUT2D eigenvalue weighted by molar-refractivity contribution is -0.140. The van der Waals surface area contributed by atoms with Gasteiger partial charge in [0.1, 0.15) is 17.3 Å². The number of carbonyl (C=O) groups excluding carboxylic acids is 2. The van der Waals surface area contributed by atoms with Gasteiger partial charge in [0.05, 0.1) is 31.0 Å². The molecule has 1 unspecified atom stereocenters. The highest BCUT2D eigenvalue weighted by Gasteiger charge is 2.46. The van der Waals surface area contributed by atoms with E-state index in [-0.39, 0.29) is 17.9 Å². The number of hydrogen-bond acceptors (Lipinski definition) is 5. The average Bonchev–Trinajstić information content (AvgIpc) is 3.46. The number of benzene rings is 3. The van der Waals surface area contributed by atoms with Crippen LogP contribution >= 0.6 is 0 Å². The number of Topliss-reactive ketones (excluding diaryl/α,β-unsaturated/α-hetero) is 1. The quantitative estimate of drug-likeness (QED) is 0.238. The summed E-state index contributed by atoms with van der Waals surface area (Å²) in [5, 5.41) is 13.2. The number of aliphatic hydroxyl groups is 1. The maximum Gasteiger partial charge on any atom is 0.296 e. The standard InChI is InChI=1S/C28H23NO5/c1-2-33-20-14-12-19(13-15-20)25-24(27(31)28(32)29(25)17-21-9-6-16-34-21)26(30)23-11-5-8-18-7-3-4-10-22(18)23/h3-16,25,30H,2,17H2,1H3/b26-24-.